The lowest BCUT2D eigenvalue weighted by atomic mass is 10.1. The summed E-state index contributed by atoms with van der Waals surface area (Å²) in [6.07, 6.45) is 0. The van der Waals surface area contributed by atoms with E-state index in [0.717, 1.165) is 61.3 Å². The standard InChI is InChI=1S/C17H21N3O3S/c1-12-16(24-17(21)18-12)10-20-6-4-19(5-7-20)9-13-2-3-14-15(8-13)23-11-22-14/h2-3,8H,4-7,9-11H2,1H3,(H,18,21). The van der Waals surface area contributed by atoms with Crippen molar-refractivity contribution in [2.45, 2.75) is 20.0 Å². The topological polar surface area (TPSA) is 57.8 Å². The fraction of sp³-hybridized carbons (Fsp3) is 0.471. The van der Waals surface area contributed by atoms with Gasteiger partial charge in [0.25, 0.3) is 0 Å². The van der Waals surface area contributed by atoms with Crippen LogP contribution >= 0.6 is 11.3 Å². The monoisotopic (exact) mass is 347 g/mol. The summed E-state index contributed by atoms with van der Waals surface area (Å²) >= 11 is 1.33. The fourth-order valence-electron chi connectivity index (χ4n) is 3.19. The first-order chi connectivity index (χ1) is 11.7. The number of fused-ring (bicyclic) bond motifs is 1. The van der Waals surface area contributed by atoms with Crippen LogP contribution in [0.25, 0.3) is 0 Å². The third-order valence-corrected chi connectivity index (χ3v) is 5.57. The van der Waals surface area contributed by atoms with E-state index in [9.17, 15) is 4.79 Å². The number of piperazine rings is 1. The average Bonchev–Trinajstić information content (AvgIpc) is 3.15. The van der Waals surface area contributed by atoms with Gasteiger partial charge in [0.2, 0.25) is 6.79 Å². The van der Waals surface area contributed by atoms with Crippen molar-refractivity contribution in [2.24, 2.45) is 0 Å². The number of rotatable bonds is 4. The zero-order chi connectivity index (χ0) is 16.5. The van der Waals surface area contributed by atoms with Crippen LogP contribution in [0.1, 0.15) is 16.1 Å². The van der Waals surface area contributed by atoms with Crippen molar-refractivity contribution in [1.82, 2.24) is 14.8 Å². The molecule has 0 spiro atoms. The van der Waals surface area contributed by atoms with Crippen molar-refractivity contribution in [3.05, 3.63) is 44.0 Å². The molecular weight excluding hydrogens is 326 g/mol. The van der Waals surface area contributed by atoms with E-state index in [1.807, 2.05) is 13.0 Å². The van der Waals surface area contributed by atoms with Crippen LogP contribution in [0.3, 0.4) is 0 Å². The highest BCUT2D eigenvalue weighted by molar-refractivity contribution is 7.09. The van der Waals surface area contributed by atoms with Crippen molar-refractivity contribution in [1.29, 1.82) is 0 Å². The lowest BCUT2D eigenvalue weighted by Crippen LogP contribution is -2.45. The molecular formula is C17H21N3O3S. The minimum Gasteiger partial charge on any atom is -0.454 e. The van der Waals surface area contributed by atoms with Gasteiger partial charge in [-0.3, -0.25) is 14.6 Å². The summed E-state index contributed by atoms with van der Waals surface area (Å²) in [6.45, 7) is 8.21. The van der Waals surface area contributed by atoms with Gasteiger partial charge in [0.1, 0.15) is 0 Å². The van der Waals surface area contributed by atoms with Gasteiger partial charge in [-0.05, 0) is 24.6 Å². The van der Waals surface area contributed by atoms with Crippen LogP contribution in [0.5, 0.6) is 11.5 Å². The van der Waals surface area contributed by atoms with Gasteiger partial charge in [0.15, 0.2) is 11.5 Å². The van der Waals surface area contributed by atoms with Gasteiger partial charge in [-0.15, -0.1) is 0 Å². The molecule has 0 radical (unpaired) electrons. The lowest BCUT2D eigenvalue weighted by molar-refractivity contribution is 0.122. The normalized spacial score (nSPS) is 18.2. The Balaban J connectivity index is 1.31. The molecule has 0 unspecified atom stereocenters. The number of hydrogen-bond donors (Lipinski definition) is 1. The molecule has 4 rings (SSSR count). The Morgan fingerprint density at radius 3 is 2.50 bits per heavy atom. The maximum atomic E-state index is 11.4. The molecule has 2 aliphatic rings. The summed E-state index contributed by atoms with van der Waals surface area (Å²) in [4.78, 5) is 20.3. The van der Waals surface area contributed by atoms with Crippen molar-refractivity contribution in [3.63, 3.8) is 0 Å². The molecule has 2 aromatic rings. The number of hydrogen-bond acceptors (Lipinski definition) is 6. The van der Waals surface area contributed by atoms with Crippen LogP contribution in [0.15, 0.2) is 23.0 Å². The number of nitrogens with one attached hydrogen (secondary N) is 1. The van der Waals surface area contributed by atoms with Gasteiger partial charge in [-0.25, -0.2) is 0 Å². The van der Waals surface area contributed by atoms with Crippen molar-refractivity contribution in [3.8, 4) is 11.5 Å². The highest BCUT2D eigenvalue weighted by Crippen LogP contribution is 2.32. The molecule has 1 N–H and O–H groups in total. The van der Waals surface area contributed by atoms with Gasteiger partial charge in [-0.1, -0.05) is 17.4 Å². The molecule has 2 aliphatic heterocycles. The Labute approximate surface area is 144 Å². The van der Waals surface area contributed by atoms with E-state index in [1.54, 1.807) is 0 Å². The molecule has 128 valence electrons. The first-order valence-corrected chi connectivity index (χ1v) is 9.01. The molecule has 0 aliphatic carbocycles. The van der Waals surface area contributed by atoms with E-state index < -0.39 is 0 Å². The number of benzene rings is 1. The van der Waals surface area contributed by atoms with Gasteiger partial charge in [0.05, 0.1) is 0 Å². The molecule has 0 saturated carbocycles. The minimum absolute atomic E-state index is 0.0453. The van der Waals surface area contributed by atoms with E-state index in [2.05, 4.69) is 26.9 Å². The zero-order valence-electron chi connectivity index (χ0n) is 13.7. The lowest BCUT2D eigenvalue weighted by Gasteiger charge is -2.34. The predicted octanol–water partition coefficient (Wildman–Crippen LogP) is 1.79. The first kappa shape index (κ1) is 15.7. The van der Waals surface area contributed by atoms with Crippen LogP contribution in [0.4, 0.5) is 0 Å². The summed E-state index contributed by atoms with van der Waals surface area (Å²) < 4.78 is 10.8. The second-order valence-corrected chi connectivity index (χ2v) is 7.37. The van der Waals surface area contributed by atoms with Gasteiger partial charge in [-0.2, -0.15) is 0 Å². The minimum atomic E-state index is 0.0453. The van der Waals surface area contributed by atoms with Gasteiger partial charge >= 0.3 is 4.87 Å². The van der Waals surface area contributed by atoms with Crippen molar-refractivity contribution < 1.29 is 9.47 Å². The summed E-state index contributed by atoms with van der Waals surface area (Å²) in [7, 11) is 0. The highest BCUT2D eigenvalue weighted by atomic mass is 32.1. The number of aryl methyl sites for hydroxylation is 1. The largest absolute Gasteiger partial charge is 0.454 e. The second kappa shape index (κ2) is 6.58. The van der Waals surface area contributed by atoms with Crippen molar-refractivity contribution >= 4 is 11.3 Å². The Hall–Kier alpha value is -1.83. The zero-order valence-corrected chi connectivity index (χ0v) is 14.5. The number of nitrogens with zero attached hydrogens (tertiary/aromatic N) is 2. The predicted molar refractivity (Wildman–Crippen MR) is 92.8 cm³/mol. The second-order valence-electron chi connectivity index (χ2n) is 6.30. The average molecular weight is 347 g/mol. The molecule has 24 heavy (non-hydrogen) atoms. The Morgan fingerprint density at radius 2 is 1.79 bits per heavy atom. The van der Waals surface area contributed by atoms with E-state index in [4.69, 9.17) is 9.47 Å². The molecule has 1 aromatic carbocycles. The van der Waals surface area contributed by atoms with Crippen molar-refractivity contribution in [2.75, 3.05) is 33.0 Å². The first-order valence-electron chi connectivity index (χ1n) is 8.19. The SMILES string of the molecule is Cc1[nH]c(=O)sc1CN1CCN(Cc2ccc3c(c2)OCO3)CC1. The Kier molecular flexibility index (Phi) is 4.30. The third kappa shape index (κ3) is 3.33. The Bertz CT molecular complexity index is 778. The summed E-state index contributed by atoms with van der Waals surface area (Å²) in [6, 6.07) is 6.18. The van der Waals surface area contributed by atoms with Gasteiger partial charge in [0, 0.05) is 49.8 Å². The molecule has 0 amide bonds. The summed E-state index contributed by atoms with van der Waals surface area (Å²) in [5, 5.41) is 0. The molecule has 6 nitrogen and oxygen atoms in total. The Morgan fingerprint density at radius 1 is 1.08 bits per heavy atom. The quantitative estimate of drug-likeness (QED) is 0.914. The molecule has 0 bridgehead atoms. The summed E-state index contributed by atoms with van der Waals surface area (Å²) in [5.41, 5.74) is 2.26. The number of aromatic nitrogens is 1. The van der Waals surface area contributed by atoms with E-state index in [-0.39, 0.29) is 4.87 Å². The van der Waals surface area contributed by atoms with Crippen LogP contribution in [-0.2, 0) is 13.1 Å². The molecule has 1 aromatic heterocycles. The highest BCUT2D eigenvalue weighted by Gasteiger charge is 2.20. The maximum absolute atomic E-state index is 11.4. The van der Waals surface area contributed by atoms with Gasteiger partial charge < -0.3 is 14.5 Å². The maximum Gasteiger partial charge on any atom is 0.304 e. The number of thiazole rings is 1. The van der Waals surface area contributed by atoms with Crippen LogP contribution in [0, 0.1) is 6.92 Å². The smallest absolute Gasteiger partial charge is 0.304 e. The molecule has 7 heteroatoms. The molecule has 1 saturated heterocycles. The third-order valence-electron chi connectivity index (χ3n) is 4.60. The molecule has 0 atom stereocenters. The fourth-order valence-corrected chi connectivity index (χ4v) is 4.07. The number of aromatic amines is 1. The van der Waals surface area contributed by atoms with E-state index >= 15 is 0 Å². The number of ether oxygens (including phenoxy) is 2. The number of H-pyrrole nitrogens is 1. The van der Waals surface area contributed by atoms with Crippen LogP contribution in [-0.4, -0.2) is 47.8 Å². The van der Waals surface area contributed by atoms with E-state index in [0.29, 0.717) is 6.79 Å². The molecule has 1 fully saturated rings. The van der Waals surface area contributed by atoms with Crippen LogP contribution in [0.2, 0.25) is 0 Å². The van der Waals surface area contributed by atoms with E-state index in [1.165, 1.54) is 16.9 Å². The van der Waals surface area contributed by atoms with Crippen LogP contribution < -0.4 is 14.3 Å². The molecule has 3 heterocycles. The summed E-state index contributed by atoms with van der Waals surface area (Å²) in [5.74, 6) is 1.69.